The standard InChI is InChI=1S/C17H22N4O/c1-13-5-4-10-21(12-13)16-8-9-18-17(20-16)19-14-6-3-7-15(11-14)22-2/h3,6-9,11,13H,4-5,10,12H2,1-2H3,(H,18,19,20). The van der Waals surface area contributed by atoms with E-state index in [0.717, 1.165) is 36.3 Å². The molecule has 1 unspecified atom stereocenters. The summed E-state index contributed by atoms with van der Waals surface area (Å²) in [4.78, 5) is 11.3. The van der Waals surface area contributed by atoms with Gasteiger partial charge in [-0.25, -0.2) is 4.98 Å². The Balaban J connectivity index is 1.75. The van der Waals surface area contributed by atoms with E-state index in [2.05, 4.69) is 27.1 Å². The van der Waals surface area contributed by atoms with Gasteiger partial charge in [0.25, 0.3) is 0 Å². The number of hydrogen-bond acceptors (Lipinski definition) is 5. The molecule has 5 heteroatoms. The SMILES string of the molecule is COc1cccc(Nc2nccc(N3CCCC(C)C3)n2)c1. The van der Waals surface area contributed by atoms with Gasteiger partial charge in [-0.2, -0.15) is 4.98 Å². The van der Waals surface area contributed by atoms with Gasteiger partial charge in [-0.3, -0.25) is 0 Å². The number of benzene rings is 1. The molecule has 0 spiro atoms. The number of ether oxygens (including phenoxy) is 1. The quantitative estimate of drug-likeness (QED) is 0.936. The fourth-order valence-corrected chi connectivity index (χ4v) is 2.81. The van der Waals surface area contributed by atoms with Crippen molar-refractivity contribution in [2.45, 2.75) is 19.8 Å². The zero-order chi connectivity index (χ0) is 15.4. The molecule has 22 heavy (non-hydrogen) atoms. The first kappa shape index (κ1) is 14.6. The summed E-state index contributed by atoms with van der Waals surface area (Å²) in [7, 11) is 1.66. The maximum absolute atomic E-state index is 5.23. The largest absolute Gasteiger partial charge is 0.497 e. The zero-order valence-corrected chi connectivity index (χ0v) is 13.1. The fourth-order valence-electron chi connectivity index (χ4n) is 2.81. The van der Waals surface area contributed by atoms with Gasteiger partial charge in [0.2, 0.25) is 5.95 Å². The Morgan fingerprint density at radius 2 is 2.23 bits per heavy atom. The second-order valence-electron chi connectivity index (χ2n) is 5.79. The third-order valence-corrected chi connectivity index (χ3v) is 3.95. The highest BCUT2D eigenvalue weighted by molar-refractivity contribution is 5.57. The number of nitrogens with one attached hydrogen (secondary N) is 1. The highest BCUT2D eigenvalue weighted by atomic mass is 16.5. The van der Waals surface area contributed by atoms with Crippen molar-refractivity contribution in [2.24, 2.45) is 5.92 Å². The minimum absolute atomic E-state index is 0.615. The first-order chi connectivity index (χ1) is 10.7. The molecule has 1 fully saturated rings. The molecular formula is C17H22N4O. The van der Waals surface area contributed by atoms with Crippen LogP contribution in [0.5, 0.6) is 5.75 Å². The smallest absolute Gasteiger partial charge is 0.229 e. The second kappa shape index (κ2) is 6.64. The summed E-state index contributed by atoms with van der Waals surface area (Å²) in [6.07, 6.45) is 4.34. The van der Waals surface area contributed by atoms with Crippen molar-refractivity contribution in [3.05, 3.63) is 36.5 Å². The molecule has 0 radical (unpaired) electrons. The number of nitrogens with zero attached hydrogens (tertiary/aromatic N) is 3. The van der Waals surface area contributed by atoms with Crippen LogP contribution in [0.4, 0.5) is 17.5 Å². The molecule has 1 aliphatic heterocycles. The molecule has 3 rings (SSSR count). The lowest BCUT2D eigenvalue weighted by Gasteiger charge is -2.31. The Labute approximate surface area is 131 Å². The summed E-state index contributed by atoms with van der Waals surface area (Å²) in [6.45, 7) is 4.43. The Morgan fingerprint density at radius 1 is 1.32 bits per heavy atom. The van der Waals surface area contributed by atoms with Gasteiger partial charge >= 0.3 is 0 Å². The Bertz CT molecular complexity index is 632. The van der Waals surface area contributed by atoms with Gasteiger partial charge < -0.3 is 15.0 Å². The molecule has 2 aromatic rings. The van der Waals surface area contributed by atoms with E-state index >= 15 is 0 Å². The predicted octanol–water partition coefficient (Wildman–Crippen LogP) is 3.47. The van der Waals surface area contributed by atoms with Crippen molar-refractivity contribution in [1.29, 1.82) is 0 Å². The average Bonchev–Trinajstić information content (AvgIpc) is 2.55. The molecule has 0 aliphatic carbocycles. The van der Waals surface area contributed by atoms with Gasteiger partial charge in [0.05, 0.1) is 7.11 Å². The summed E-state index contributed by atoms with van der Waals surface area (Å²) in [5.41, 5.74) is 0.920. The minimum Gasteiger partial charge on any atom is -0.497 e. The van der Waals surface area contributed by atoms with Crippen LogP contribution in [-0.2, 0) is 0 Å². The zero-order valence-electron chi connectivity index (χ0n) is 13.1. The summed E-state index contributed by atoms with van der Waals surface area (Å²) in [5.74, 6) is 3.14. The van der Waals surface area contributed by atoms with Gasteiger partial charge in [0.1, 0.15) is 11.6 Å². The van der Waals surface area contributed by atoms with Crippen LogP contribution in [0.25, 0.3) is 0 Å². The Kier molecular flexibility index (Phi) is 4.42. The van der Waals surface area contributed by atoms with E-state index in [-0.39, 0.29) is 0 Å². The van der Waals surface area contributed by atoms with Crippen molar-refractivity contribution >= 4 is 17.5 Å². The molecule has 1 atom stereocenters. The van der Waals surface area contributed by atoms with Crippen LogP contribution in [0.2, 0.25) is 0 Å². The Hall–Kier alpha value is -2.30. The van der Waals surface area contributed by atoms with Crippen LogP contribution < -0.4 is 15.0 Å². The van der Waals surface area contributed by atoms with Crippen molar-refractivity contribution < 1.29 is 4.74 Å². The molecule has 1 aromatic heterocycles. The monoisotopic (exact) mass is 298 g/mol. The highest BCUT2D eigenvalue weighted by Crippen LogP contribution is 2.23. The molecule has 2 heterocycles. The van der Waals surface area contributed by atoms with Crippen LogP contribution in [0.3, 0.4) is 0 Å². The maximum atomic E-state index is 5.23. The van der Waals surface area contributed by atoms with Gasteiger partial charge in [0, 0.05) is 31.0 Å². The maximum Gasteiger partial charge on any atom is 0.229 e. The van der Waals surface area contributed by atoms with Crippen LogP contribution >= 0.6 is 0 Å². The summed E-state index contributed by atoms with van der Waals surface area (Å²) < 4.78 is 5.23. The lowest BCUT2D eigenvalue weighted by molar-refractivity contribution is 0.415. The van der Waals surface area contributed by atoms with Crippen LogP contribution in [-0.4, -0.2) is 30.2 Å². The number of hydrogen-bond donors (Lipinski definition) is 1. The molecule has 0 amide bonds. The molecular weight excluding hydrogens is 276 g/mol. The molecule has 1 aliphatic rings. The summed E-state index contributed by atoms with van der Waals surface area (Å²) in [5, 5.41) is 3.24. The molecule has 116 valence electrons. The number of rotatable bonds is 4. The topological polar surface area (TPSA) is 50.3 Å². The third kappa shape index (κ3) is 3.47. The van der Waals surface area contributed by atoms with Crippen LogP contribution in [0.15, 0.2) is 36.5 Å². The molecule has 1 aromatic carbocycles. The summed E-state index contributed by atoms with van der Waals surface area (Å²) in [6, 6.07) is 9.74. The van der Waals surface area contributed by atoms with Crippen molar-refractivity contribution in [1.82, 2.24) is 9.97 Å². The van der Waals surface area contributed by atoms with Crippen molar-refractivity contribution in [3.63, 3.8) is 0 Å². The third-order valence-electron chi connectivity index (χ3n) is 3.95. The van der Waals surface area contributed by atoms with Gasteiger partial charge in [-0.05, 0) is 37.0 Å². The molecule has 5 nitrogen and oxygen atoms in total. The lowest BCUT2D eigenvalue weighted by atomic mass is 10.0. The van der Waals surface area contributed by atoms with E-state index < -0.39 is 0 Å². The van der Waals surface area contributed by atoms with E-state index in [9.17, 15) is 0 Å². The van der Waals surface area contributed by atoms with Crippen LogP contribution in [0, 0.1) is 5.92 Å². The average molecular weight is 298 g/mol. The first-order valence-corrected chi connectivity index (χ1v) is 7.73. The van der Waals surface area contributed by atoms with Crippen LogP contribution in [0.1, 0.15) is 19.8 Å². The molecule has 1 N–H and O–H groups in total. The number of anilines is 3. The molecule has 1 saturated heterocycles. The number of aromatic nitrogens is 2. The minimum atomic E-state index is 0.615. The lowest BCUT2D eigenvalue weighted by Crippen LogP contribution is -2.34. The Morgan fingerprint density at radius 3 is 3.05 bits per heavy atom. The van der Waals surface area contributed by atoms with E-state index in [1.165, 1.54) is 12.8 Å². The molecule has 0 saturated carbocycles. The van der Waals surface area contributed by atoms with Crippen molar-refractivity contribution in [3.8, 4) is 5.75 Å². The first-order valence-electron chi connectivity index (χ1n) is 7.73. The van der Waals surface area contributed by atoms with E-state index in [0.29, 0.717) is 5.95 Å². The van der Waals surface area contributed by atoms with Gasteiger partial charge in [-0.1, -0.05) is 13.0 Å². The normalized spacial score (nSPS) is 18.1. The molecule has 0 bridgehead atoms. The summed E-state index contributed by atoms with van der Waals surface area (Å²) >= 11 is 0. The van der Waals surface area contributed by atoms with E-state index in [1.807, 2.05) is 36.5 Å². The van der Waals surface area contributed by atoms with Crippen molar-refractivity contribution in [2.75, 3.05) is 30.4 Å². The second-order valence-corrected chi connectivity index (χ2v) is 5.79. The predicted molar refractivity (Wildman–Crippen MR) is 88.9 cm³/mol. The number of piperidine rings is 1. The van der Waals surface area contributed by atoms with E-state index in [1.54, 1.807) is 7.11 Å². The van der Waals surface area contributed by atoms with Gasteiger partial charge in [-0.15, -0.1) is 0 Å². The number of methoxy groups -OCH3 is 1. The fraction of sp³-hybridized carbons (Fsp3) is 0.412. The van der Waals surface area contributed by atoms with E-state index in [4.69, 9.17) is 4.74 Å². The highest BCUT2D eigenvalue weighted by Gasteiger charge is 2.17. The van der Waals surface area contributed by atoms with Gasteiger partial charge in [0.15, 0.2) is 0 Å².